The molecule has 0 radical (unpaired) electrons. The fourth-order valence-corrected chi connectivity index (χ4v) is 6.59. The molecule has 188 valence electrons. The first-order valence-corrected chi connectivity index (χ1v) is 13.1. The van der Waals surface area contributed by atoms with Gasteiger partial charge in [-0.15, -0.1) is 0 Å². The molecule has 0 amide bonds. The molecule has 0 saturated heterocycles. The molecular weight excluding hydrogens is 526 g/mol. The van der Waals surface area contributed by atoms with Gasteiger partial charge in [0.15, 0.2) is 16.3 Å². The number of aromatic nitrogens is 1. The Balaban J connectivity index is 1.50. The highest BCUT2D eigenvalue weighted by Gasteiger charge is 2.33. The van der Waals surface area contributed by atoms with E-state index in [1.807, 2.05) is 36.4 Å². The maximum Gasteiger partial charge on any atom is 0.280 e. The number of hydrogen-bond donors (Lipinski definition) is 0. The lowest BCUT2D eigenvalue weighted by Gasteiger charge is -2.31. The Labute approximate surface area is 224 Å². The highest BCUT2D eigenvalue weighted by molar-refractivity contribution is 7.07. The number of nitro benzene ring substituents is 1. The standard InChI is InChI=1S/C28H18ClN3O5S/c29-20-8-4-3-7-18(20)26-19-10-9-15-5-1-2-6-17(15)25(19)30-28-31(26)27(33)24(38-28)12-16-11-22-23(37-14-36-22)13-21(16)32(34)35/h1-8,11-13,26H,9-10,14H2/b24-12+/t26-/m1/s1. The van der Waals surface area contributed by atoms with Gasteiger partial charge in [0.25, 0.3) is 11.2 Å². The number of benzene rings is 3. The van der Waals surface area contributed by atoms with Crippen LogP contribution in [-0.4, -0.2) is 16.3 Å². The molecule has 0 unspecified atom stereocenters. The summed E-state index contributed by atoms with van der Waals surface area (Å²) in [5, 5.41) is 12.4. The number of allylic oxidation sites excluding steroid dienone is 1. The molecule has 7 rings (SSSR count). The average molecular weight is 544 g/mol. The van der Waals surface area contributed by atoms with Crippen molar-refractivity contribution in [1.82, 2.24) is 4.57 Å². The Morgan fingerprint density at radius 1 is 1.08 bits per heavy atom. The first kappa shape index (κ1) is 22.9. The Bertz CT molecular complexity index is 1890. The van der Waals surface area contributed by atoms with Gasteiger partial charge in [-0.3, -0.25) is 19.5 Å². The fraction of sp³-hybridized carbons (Fsp3) is 0.143. The second kappa shape index (κ2) is 8.68. The molecule has 0 bridgehead atoms. The summed E-state index contributed by atoms with van der Waals surface area (Å²) >= 11 is 7.88. The smallest absolute Gasteiger partial charge is 0.280 e. The minimum Gasteiger partial charge on any atom is -0.454 e. The normalized spacial score (nSPS) is 17.5. The second-order valence-electron chi connectivity index (χ2n) is 9.16. The SMILES string of the molecule is O=c1/c(=C\c2cc3c(cc2[N+](=O)[O-])OCO3)sc2n1[C@H](c1ccccc1Cl)C1=C(N=2)c2ccccc2CC1. The number of aryl methyl sites for hydroxylation is 1. The van der Waals surface area contributed by atoms with Gasteiger partial charge in [-0.25, -0.2) is 4.99 Å². The van der Waals surface area contributed by atoms with E-state index in [9.17, 15) is 14.9 Å². The Morgan fingerprint density at radius 3 is 2.66 bits per heavy atom. The number of nitrogens with zero attached hydrogens (tertiary/aromatic N) is 3. The van der Waals surface area contributed by atoms with Gasteiger partial charge >= 0.3 is 0 Å². The Hall–Kier alpha value is -4.21. The summed E-state index contributed by atoms with van der Waals surface area (Å²) in [5.74, 6) is 0.705. The van der Waals surface area contributed by atoms with Crippen molar-refractivity contribution in [1.29, 1.82) is 0 Å². The van der Waals surface area contributed by atoms with Gasteiger partial charge in [0.2, 0.25) is 6.79 Å². The molecule has 10 heteroatoms. The van der Waals surface area contributed by atoms with E-state index in [1.54, 1.807) is 4.57 Å². The van der Waals surface area contributed by atoms with Crippen molar-refractivity contribution >= 4 is 40.4 Å². The van der Waals surface area contributed by atoms with Crippen LogP contribution in [0.15, 0.2) is 76.0 Å². The van der Waals surface area contributed by atoms with Gasteiger partial charge in [-0.1, -0.05) is 65.4 Å². The van der Waals surface area contributed by atoms with E-state index in [-0.39, 0.29) is 23.6 Å². The molecule has 3 heterocycles. The zero-order valence-electron chi connectivity index (χ0n) is 19.7. The molecular formula is C28H18ClN3O5S. The topological polar surface area (TPSA) is 96.0 Å². The maximum absolute atomic E-state index is 13.9. The minimum absolute atomic E-state index is 0.0109. The Morgan fingerprint density at radius 2 is 1.84 bits per heavy atom. The lowest BCUT2D eigenvalue weighted by molar-refractivity contribution is -0.385. The van der Waals surface area contributed by atoms with Crippen LogP contribution in [0.3, 0.4) is 0 Å². The first-order valence-electron chi connectivity index (χ1n) is 11.9. The predicted octanol–water partition coefficient (Wildman–Crippen LogP) is 4.61. The van der Waals surface area contributed by atoms with Crippen LogP contribution >= 0.6 is 22.9 Å². The number of halogens is 1. The zero-order chi connectivity index (χ0) is 26.0. The van der Waals surface area contributed by atoms with E-state index in [4.69, 9.17) is 26.1 Å². The van der Waals surface area contributed by atoms with Crippen molar-refractivity contribution in [2.45, 2.75) is 18.9 Å². The maximum atomic E-state index is 13.9. The third kappa shape index (κ3) is 3.50. The lowest BCUT2D eigenvalue weighted by atomic mass is 9.83. The molecule has 1 atom stereocenters. The van der Waals surface area contributed by atoms with Crippen LogP contribution in [0.2, 0.25) is 5.02 Å². The summed E-state index contributed by atoms with van der Waals surface area (Å²) < 4.78 is 12.7. The lowest BCUT2D eigenvalue weighted by Crippen LogP contribution is -2.38. The van der Waals surface area contributed by atoms with Gasteiger partial charge in [0, 0.05) is 10.6 Å². The molecule has 8 nitrogen and oxygen atoms in total. The summed E-state index contributed by atoms with van der Waals surface area (Å²) in [6.07, 6.45) is 3.10. The summed E-state index contributed by atoms with van der Waals surface area (Å²) in [7, 11) is 0. The molecule has 3 aliphatic rings. The molecule has 4 aromatic rings. The van der Waals surface area contributed by atoms with Gasteiger partial charge in [0.05, 0.1) is 32.8 Å². The fourth-order valence-electron chi connectivity index (χ4n) is 5.36. The van der Waals surface area contributed by atoms with Crippen molar-refractivity contribution < 1.29 is 14.4 Å². The van der Waals surface area contributed by atoms with E-state index in [0.717, 1.165) is 35.2 Å². The highest BCUT2D eigenvalue weighted by atomic mass is 35.5. The molecule has 1 aliphatic carbocycles. The van der Waals surface area contributed by atoms with Gasteiger partial charge < -0.3 is 9.47 Å². The van der Waals surface area contributed by atoms with Crippen LogP contribution in [0, 0.1) is 10.1 Å². The van der Waals surface area contributed by atoms with E-state index in [1.165, 1.54) is 35.1 Å². The van der Waals surface area contributed by atoms with E-state index in [0.29, 0.717) is 25.9 Å². The molecule has 0 N–H and O–H groups in total. The van der Waals surface area contributed by atoms with Crippen molar-refractivity contribution in [3.8, 4) is 11.5 Å². The summed E-state index contributed by atoms with van der Waals surface area (Å²) in [5.41, 5.74) is 4.78. The first-order chi connectivity index (χ1) is 18.5. The van der Waals surface area contributed by atoms with E-state index >= 15 is 0 Å². The quantitative estimate of drug-likeness (QED) is 0.278. The van der Waals surface area contributed by atoms with Crippen LogP contribution in [0.5, 0.6) is 11.5 Å². The van der Waals surface area contributed by atoms with E-state index < -0.39 is 11.0 Å². The Kier molecular flexibility index (Phi) is 5.24. The monoisotopic (exact) mass is 543 g/mol. The predicted molar refractivity (Wildman–Crippen MR) is 143 cm³/mol. The van der Waals surface area contributed by atoms with Gasteiger partial charge in [-0.2, -0.15) is 0 Å². The molecule has 38 heavy (non-hydrogen) atoms. The van der Waals surface area contributed by atoms with Crippen molar-refractivity contribution in [2.24, 2.45) is 4.99 Å². The third-order valence-electron chi connectivity index (χ3n) is 7.08. The molecule has 0 spiro atoms. The zero-order valence-corrected chi connectivity index (χ0v) is 21.3. The number of thiazole rings is 1. The van der Waals surface area contributed by atoms with Crippen molar-refractivity contribution in [2.75, 3.05) is 6.79 Å². The van der Waals surface area contributed by atoms with E-state index in [2.05, 4.69) is 12.1 Å². The van der Waals surface area contributed by atoms with Crippen LogP contribution in [0.1, 0.15) is 34.7 Å². The van der Waals surface area contributed by atoms with Crippen LogP contribution in [0.4, 0.5) is 5.69 Å². The molecule has 0 saturated carbocycles. The summed E-state index contributed by atoms with van der Waals surface area (Å²) in [4.78, 5) is 30.8. The largest absolute Gasteiger partial charge is 0.454 e. The number of fused-ring (bicyclic) bond motifs is 4. The number of ether oxygens (including phenoxy) is 2. The van der Waals surface area contributed by atoms with Crippen molar-refractivity contribution in [3.05, 3.63) is 123 Å². The molecule has 3 aromatic carbocycles. The van der Waals surface area contributed by atoms with Crippen LogP contribution in [0.25, 0.3) is 11.8 Å². The van der Waals surface area contributed by atoms with Gasteiger partial charge in [0.1, 0.15) is 0 Å². The highest BCUT2D eigenvalue weighted by Crippen LogP contribution is 2.43. The molecule has 2 aliphatic heterocycles. The van der Waals surface area contributed by atoms with Crippen molar-refractivity contribution in [3.63, 3.8) is 0 Å². The summed E-state index contributed by atoms with van der Waals surface area (Å²) in [6, 6.07) is 18.1. The second-order valence-corrected chi connectivity index (χ2v) is 10.6. The third-order valence-corrected chi connectivity index (χ3v) is 8.41. The number of nitro groups is 1. The van der Waals surface area contributed by atoms with Crippen LogP contribution < -0.4 is 24.4 Å². The number of hydrogen-bond acceptors (Lipinski definition) is 7. The summed E-state index contributed by atoms with van der Waals surface area (Å²) in [6.45, 7) is -0.0109. The molecule has 0 fully saturated rings. The average Bonchev–Trinajstić information content (AvgIpc) is 3.51. The van der Waals surface area contributed by atoms with Crippen LogP contribution in [-0.2, 0) is 6.42 Å². The molecule has 1 aromatic heterocycles. The minimum atomic E-state index is -0.493. The number of rotatable bonds is 3. The van der Waals surface area contributed by atoms with Gasteiger partial charge in [-0.05, 0) is 47.8 Å².